The Labute approximate surface area is 192 Å². The summed E-state index contributed by atoms with van der Waals surface area (Å²) in [5.74, 6) is 0.919. The minimum atomic E-state index is -4.54. The first-order chi connectivity index (χ1) is 16.3. The van der Waals surface area contributed by atoms with Crippen molar-refractivity contribution in [3.8, 4) is 0 Å². The van der Waals surface area contributed by atoms with E-state index in [4.69, 9.17) is 0 Å². The van der Waals surface area contributed by atoms with Crippen LogP contribution in [-0.2, 0) is 6.18 Å². The number of hydrogen-bond acceptors (Lipinski definition) is 6. The molecule has 2 aromatic carbocycles. The van der Waals surface area contributed by atoms with E-state index in [0.29, 0.717) is 29.0 Å². The van der Waals surface area contributed by atoms with E-state index >= 15 is 0 Å². The summed E-state index contributed by atoms with van der Waals surface area (Å²) in [5, 5.41) is 5.63. The number of aromatic nitrogens is 4. The molecule has 0 aliphatic heterocycles. The largest absolute Gasteiger partial charge is 0.416 e. The van der Waals surface area contributed by atoms with E-state index in [1.807, 2.05) is 6.92 Å². The van der Waals surface area contributed by atoms with Gasteiger partial charge in [-0.2, -0.15) is 13.2 Å². The molecular formula is C23H20F3N7O. The molecule has 174 valence electrons. The smallest absolute Gasteiger partial charge is 0.373 e. The Morgan fingerprint density at radius 2 is 1.88 bits per heavy atom. The van der Waals surface area contributed by atoms with E-state index in [0.717, 1.165) is 17.7 Å². The van der Waals surface area contributed by atoms with Crippen LogP contribution in [0.1, 0.15) is 21.5 Å². The van der Waals surface area contributed by atoms with Crippen LogP contribution in [0.3, 0.4) is 0 Å². The fraction of sp³-hybridized carbons (Fsp3) is 0.130. The Balaban J connectivity index is 1.70. The van der Waals surface area contributed by atoms with Crippen molar-refractivity contribution >= 4 is 34.9 Å². The van der Waals surface area contributed by atoms with Crippen molar-refractivity contribution in [3.63, 3.8) is 0 Å². The van der Waals surface area contributed by atoms with Gasteiger partial charge in [0.05, 0.1) is 11.3 Å². The zero-order chi connectivity index (χ0) is 24.3. The van der Waals surface area contributed by atoms with Crippen LogP contribution in [0.25, 0.3) is 0 Å². The van der Waals surface area contributed by atoms with Crippen molar-refractivity contribution in [2.75, 3.05) is 22.6 Å². The summed E-state index contributed by atoms with van der Waals surface area (Å²) in [4.78, 5) is 30.3. The number of carbonyl (C=O) groups excluding carboxylic acids is 1. The number of rotatable bonds is 6. The van der Waals surface area contributed by atoms with Crippen molar-refractivity contribution in [2.45, 2.75) is 13.1 Å². The van der Waals surface area contributed by atoms with E-state index in [9.17, 15) is 18.0 Å². The molecule has 0 saturated carbocycles. The average Bonchev–Trinajstić information content (AvgIpc) is 3.35. The summed E-state index contributed by atoms with van der Waals surface area (Å²) in [6.45, 7) is 1.88. The molecule has 3 N–H and O–H groups in total. The van der Waals surface area contributed by atoms with E-state index in [2.05, 4.69) is 30.6 Å². The number of imidazole rings is 1. The molecule has 11 heteroatoms. The first-order valence-corrected chi connectivity index (χ1v) is 10.1. The molecule has 4 rings (SSSR count). The summed E-state index contributed by atoms with van der Waals surface area (Å²) < 4.78 is 39.1. The summed E-state index contributed by atoms with van der Waals surface area (Å²) in [7, 11) is 1.73. The highest BCUT2D eigenvalue weighted by molar-refractivity contribution is 6.04. The fourth-order valence-electron chi connectivity index (χ4n) is 3.30. The van der Waals surface area contributed by atoms with Crippen molar-refractivity contribution in [1.29, 1.82) is 0 Å². The quantitative estimate of drug-likeness (QED) is 0.356. The van der Waals surface area contributed by atoms with E-state index in [1.54, 1.807) is 48.6 Å². The van der Waals surface area contributed by atoms with Gasteiger partial charge in [0, 0.05) is 36.8 Å². The topological polar surface area (TPSA) is 98.8 Å². The number of benzene rings is 2. The standard InChI is InChI=1S/C23H20F3N7O/c1-14-6-7-17(32-21(34)15-4-3-5-16(10-15)23(24,25)26)11-18(14)33(22-28-8-9-29-22)20-12-19(27-2)30-13-31-20/h3-13H,1-2H3,(H,28,29)(H,32,34)(H,27,30,31). The highest BCUT2D eigenvalue weighted by atomic mass is 19.4. The Bertz CT molecular complexity index is 1310. The molecule has 8 nitrogen and oxygen atoms in total. The van der Waals surface area contributed by atoms with Gasteiger partial charge in [0.25, 0.3) is 5.91 Å². The Kier molecular flexibility index (Phi) is 6.17. The van der Waals surface area contributed by atoms with Gasteiger partial charge >= 0.3 is 6.18 Å². The number of carbonyl (C=O) groups is 1. The van der Waals surface area contributed by atoms with Gasteiger partial charge in [-0.05, 0) is 42.8 Å². The summed E-state index contributed by atoms with van der Waals surface area (Å²) in [6, 6.07) is 11.2. The summed E-state index contributed by atoms with van der Waals surface area (Å²) >= 11 is 0. The molecule has 0 bridgehead atoms. The number of nitrogens with one attached hydrogen (secondary N) is 3. The van der Waals surface area contributed by atoms with Gasteiger partial charge < -0.3 is 15.6 Å². The first kappa shape index (κ1) is 22.8. The monoisotopic (exact) mass is 467 g/mol. The third-order valence-corrected chi connectivity index (χ3v) is 4.99. The Morgan fingerprint density at radius 3 is 2.59 bits per heavy atom. The molecule has 2 aromatic heterocycles. The summed E-state index contributed by atoms with van der Waals surface area (Å²) in [6.07, 6.45) is 0.126. The lowest BCUT2D eigenvalue weighted by molar-refractivity contribution is -0.137. The number of aryl methyl sites for hydroxylation is 1. The number of nitrogens with zero attached hydrogens (tertiary/aromatic N) is 4. The fourth-order valence-corrected chi connectivity index (χ4v) is 3.30. The molecule has 4 aromatic rings. The molecular weight excluding hydrogens is 447 g/mol. The maximum atomic E-state index is 13.0. The third-order valence-electron chi connectivity index (χ3n) is 4.99. The molecule has 0 aliphatic rings. The lowest BCUT2D eigenvalue weighted by Crippen LogP contribution is -2.17. The molecule has 2 heterocycles. The average molecular weight is 467 g/mol. The molecule has 0 aliphatic carbocycles. The number of amides is 1. The van der Waals surface area contributed by atoms with Gasteiger partial charge in [0.15, 0.2) is 0 Å². The Morgan fingerprint density at radius 1 is 1.06 bits per heavy atom. The molecule has 0 fully saturated rings. The number of hydrogen-bond donors (Lipinski definition) is 3. The van der Waals surface area contributed by atoms with E-state index in [1.165, 1.54) is 18.5 Å². The van der Waals surface area contributed by atoms with Crippen LogP contribution in [0.4, 0.5) is 42.1 Å². The minimum absolute atomic E-state index is 0.102. The molecule has 0 saturated heterocycles. The van der Waals surface area contributed by atoms with Crippen molar-refractivity contribution in [3.05, 3.63) is 83.9 Å². The summed E-state index contributed by atoms with van der Waals surface area (Å²) in [5.41, 5.74) is 0.894. The van der Waals surface area contributed by atoms with Crippen LogP contribution in [0.15, 0.2) is 67.3 Å². The Hall–Kier alpha value is -4.41. The van der Waals surface area contributed by atoms with Gasteiger partial charge in [0.2, 0.25) is 5.95 Å². The maximum absolute atomic E-state index is 13.0. The molecule has 0 radical (unpaired) electrons. The first-order valence-electron chi connectivity index (χ1n) is 10.1. The van der Waals surface area contributed by atoms with E-state index in [-0.39, 0.29) is 5.56 Å². The molecule has 1 amide bonds. The van der Waals surface area contributed by atoms with E-state index < -0.39 is 17.6 Å². The zero-order valence-electron chi connectivity index (χ0n) is 18.2. The van der Waals surface area contributed by atoms with Gasteiger partial charge in [-0.3, -0.25) is 9.69 Å². The van der Waals surface area contributed by atoms with Crippen LogP contribution >= 0.6 is 0 Å². The SMILES string of the molecule is CNc1cc(N(c2ncc[nH]2)c2cc(NC(=O)c3cccc(C(F)(F)F)c3)ccc2C)ncn1. The molecule has 0 spiro atoms. The van der Waals surface area contributed by atoms with Gasteiger partial charge in [-0.15, -0.1) is 0 Å². The third kappa shape index (κ3) is 4.82. The highest BCUT2D eigenvalue weighted by Gasteiger charge is 2.31. The maximum Gasteiger partial charge on any atom is 0.416 e. The van der Waals surface area contributed by atoms with Crippen LogP contribution in [0.5, 0.6) is 0 Å². The second kappa shape index (κ2) is 9.22. The molecule has 0 unspecified atom stereocenters. The normalized spacial score (nSPS) is 11.2. The van der Waals surface area contributed by atoms with Gasteiger partial charge in [0.1, 0.15) is 18.0 Å². The van der Waals surface area contributed by atoms with Crippen molar-refractivity contribution in [1.82, 2.24) is 19.9 Å². The van der Waals surface area contributed by atoms with Gasteiger partial charge in [-0.1, -0.05) is 12.1 Å². The molecule has 0 atom stereocenters. The highest BCUT2D eigenvalue weighted by Crippen LogP contribution is 2.35. The molecule has 34 heavy (non-hydrogen) atoms. The predicted octanol–water partition coefficient (Wildman–Crippen LogP) is 5.29. The number of anilines is 5. The van der Waals surface area contributed by atoms with Gasteiger partial charge in [-0.25, -0.2) is 15.0 Å². The number of alkyl halides is 3. The zero-order valence-corrected chi connectivity index (χ0v) is 18.2. The van der Waals surface area contributed by atoms with Crippen LogP contribution in [-0.4, -0.2) is 32.9 Å². The number of H-pyrrole nitrogens is 1. The second-order valence-corrected chi connectivity index (χ2v) is 7.29. The predicted molar refractivity (Wildman–Crippen MR) is 123 cm³/mol. The lowest BCUT2D eigenvalue weighted by atomic mass is 10.1. The van der Waals surface area contributed by atoms with Crippen molar-refractivity contribution < 1.29 is 18.0 Å². The van der Waals surface area contributed by atoms with Crippen molar-refractivity contribution in [2.24, 2.45) is 0 Å². The second-order valence-electron chi connectivity index (χ2n) is 7.29. The number of aromatic amines is 1. The number of halogens is 3. The minimum Gasteiger partial charge on any atom is -0.373 e. The van der Waals surface area contributed by atoms with Crippen LogP contribution in [0.2, 0.25) is 0 Å². The lowest BCUT2D eigenvalue weighted by Gasteiger charge is -2.24. The van der Waals surface area contributed by atoms with Crippen LogP contribution in [0, 0.1) is 6.92 Å². The van der Waals surface area contributed by atoms with Crippen LogP contribution < -0.4 is 15.5 Å².